The van der Waals surface area contributed by atoms with E-state index in [9.17, 15) is 13.2 Å². The Balaban J connectivity index is 2.23. The molecule has 5 heteroatoms. The summed E-state index contributed by atoms with van der Waals surface area (Å²) in [6, 6.07) is 9.49. The van der Waals surface area contributed by atoms with Crippen LogP contribution in [0.3, 0.4) is 0 Å². The number of hydrogen-bond acceptors (Lipinski definition) is 2. The maximum Gasteiger partial charge on any atom is 0.416 e. The first-order chi connectivity index (χ1) is 10.0. The summed E-state index contributed by atoms with van der Waals surface area (Å²) < 4.78 is 38.5. The SMILES string of the molecule is CCCNC(Cc1cccs1)c1cccc(C(F)(F)F)c1. The van der Waals surface area contributed by atoms with Crippen LogP contribution in [0.1, 0.15) is 35.4 Å². The highest BCUT2D eigenvalue weighted by Crippen LogP contribution is 2.31. The molecular weight excluding hydrogens is 295 g/mol. The van der Waals surface area contributed by atoms with E-state index < -0.39 is 11.7 Å². The first-order valence-corrected chi connectivity index (χ1v) is 7.81. The molecule has 21 heavy (non-hydrogen) atoms. The second kappa shape index (κ2) is 7.09. The topological polar surface area (TPSA) is 12.0 Å². The third-order valence-electron chi connectivity index (χ3n) is 3.24. The van der Waals surface area contributed by atoms with Crippen molar-refractivity contribution in [3.63, 3.8) is 0 Å². The van der Waals surface area contributed by atoms with Crippen LogP contribution in [-0.4, -0.2) is 6.54 Å². The Kier molecular flexibility index (Phi) is 5.42. The Morgan fingerprint density at radius 1 is 1.19 bits per heavy atom. The number of nitrogens with one attached hydrogen (secondary N) is 1. The average molecular weight is 313 g/mol. The van der Waals surface area contributed by atoms with Gasteiger partial charge in [0, 0.05) is 17.3 Å². The molecule has 0 bridgehead atoms. The summed E-state index contributed by atoms with van der Waals surface area (Å²) in [5.41, 5.74) is 0.0983. The largest absolute Gasteiger partial charge is 0.416 e. The van der Waals surface area contributed by atoms with Crippen LogP contribution in [0, 0.1) is 0 Å². The normalized spacial score (nSPS) is 13.3. The van der Waals surface area contributed by atoms with Gasteiger partial charge in [-0.1, -0.05) is 25.1 Å². The maximum atomic E-state index is 12.8. The number of alkyl halides is 3. The lowest BCUT2D eigenvalue weighted by Gasteiger charge is -2.19. The monoisotopic (exact) mass is 313 g/mol. The summed E-state index contributed by atoms with van der Waals surface area (Å²) in [6.07, 6.45) is -2.65. The van der Waals surface area contributed by atoms with Gasteiger partial charge in [0.1, 0.15) is 0 Å². The van der Waals surface area contributed by atoms with Crippen LogP contribution in [0.25, 0.3) is 0 Å². The Morgan fingerprint density at radius 3 is 2.62 bits per heavy atom. The van der Waals surface area contributed by atoms with E-state index in [0.29, 0.717) is 12.0 Å². The zero-order valence-corrected chi connectivity index (χ0v) is 12.6. The van der Waals surface area contributed by atoms with Crippen molar-refractivity contribution < 1.29 is 13.2 Å². The van der Waals surface area contributed by atoms with Gasteiger partial charge in [-0.2, -0.15) is 13.2 Å². The van der Waals surface area contributed by atoms with E-state index in [2.05, 4.69) is 5.32 Å². The van der Waals surface area contributed by atoms with Gasteiger partial charge in [-0.3, -0.25) is 0 Å². The van der Waals surface area contributed by atoms with Crippen molar-refractivity contribution in [1.82, 2.24) is 5.32 Å². The molecule has 0 amide bonds. The molecule has 0 aliphatic carbocycles. The predicted molar refractivity (Wildman–Crippen MR) is 80.5 cm³/mol. The van der Waals surface area contributed by atoms with E-state index >= 15 is 0 Å². The summed E-state index contributed by atoms with van der Waals surface area (Å²) in [5, 5.41) is 5.33. The van der Waals surface area contributed by atoms with Gasteiger partial charge in [0.25, 0.3) is 0 Å². The molecule has 0 aliphatic rings. The molecule has 1 N–H and O–H groups in total. The standard InChI is InChI=1S/C16H18F3NS/c1-2-8-20-15(11-14-7-4-9-21-14)12-5-3-6-13(10-12)16(17,18)19/h3-7,9-10,15,20H,2,8,11H2,1H3. The molecule has 1 atom stereocenters. The zero-order chi connectivity index (χ0) is 15.3. The summed E-state index contributed by atoms with van der Waals surface area (Å²) in [4.78, 5) is 1.17. The van der Waals surface area contributed by atoms with Crippen molar-refractivity contribution in [2.75, 3.05) is 6.54 Å². The second-order valence-corrected chi connectivity index (χ2v) is 5.95. The number of benzene rings is 1. The van der Waals surface area contributed by atoms with E-state index in [1.807, 2.05) is 24.4 Å². The summed E-state index contributed by atoms with van der Waals surface area (Å²) in [6.45, 7) is 2.83. The van der Waals surface area contributed by atoms with Crippen LogP contribution in [0.15, 0.2) is 41.8 Å². The van der Waals surface area contributed by atoms with Crippen LogP contribution >= 0.6 is 11.3 Å². The predicted octanol–water partition coefficient (Wildman–Crippen LogP) is 5.05. The van der Waals surface area contributed by atoms with Gasteiger partial charge in [-0.25, -0.2) is 0 Å². The fourth-order valence-corrected chi connectivity index (χ4v) is 2.94. The molecule has 114 valence electrons. The first kappa shape index (κ1) is 16.0. The van der Waals surface area contributed by atoms with Crippen molar-refractivity contribution in [1.29, 1.82) is 0 Å². The van der Waals surface area contributed by atoms with Crippen LogP contribution in [-0.2, 0) is 12.6 Å². The lowest BCUT2D eigenvalue weighted by molar-refractivity contribution is -0.137. The van der Waals surface area contributed by atoms with E-state index in [0.717, 1.165) is 19.0 Å². The molecule has 0 fully saturated rings. The van der Waals surface area contributed by atoms with Crippen LogP contribution in [0.2, 0.25) is 0 Å². The maximum absolute atomic E-state index is 12.8. The summed E-state index contributed by atoms with van der Waals surface area (Å²) in [7, 11) is 0. The number of thiophene rings is 1. The number of halogens is 3. The van der Waals surface area contributed by atoms with Crippen molar-refractivity contribution in [2.45, 2.75) is 32.0 Å². The minimum atomic E-state index is -4.30. The lowest BCUT2D eigenvalue weighted by atomic mass is 10.00. The fourth-order valence-electron chi connectivity index (χ4n) is 2.19. The Labute approximate surface area is 126 Å². The molecule has 0 saturated heterocycles. The summed E-state index contributed by atoms with van der Waals surface area (Å²) in [5.74, 6) is 0. The Hall–Kier alpha value is -1.33. The zero-order valence-electron chi connectivity index (χ0n) is 11.8. The molecule has 0 spiro atoms. The smallest absolute Gasteiger partial charge is 0.310 e. The molecule has 2 aromatic rings. The van der Waals surface area contributed by atoms with Gasteiger partial charge in [0.15, 0.2) is 0 Å². The van der Waals surface area contributed by atoms with Crippen molar-refractivity contribution >= 4 is 11.3 Å². The summed E-state index contributed by atoms with van der Waals surface area (Å²) >= 11 is 1.63. The highest BCUT2D eigenvalue weighted by Gasteiger charge is 2.31. The molecule has 1 nitrogen and oxygen atoms in total. The molecule has 0 aliphatic heterocycles. The molecule has 1 aromatic carbocycles. The third-order valence-corrected chi connectivity index (χ3v) is 4.14. The molecule has 1 heterocycles. The molecule has 2 rings (SSSR count). The van der Waals surface area contributed by atoms with Crippen LogP contribution in [0.4, 0.5) is 13.2 Å². The number of hydrogen-bond donors (Lipinski definition) is 1. The van der Waals surface area contributed by atoms with Crippen LogP contribution in [0.5, 0.6) is 0 Å². The van der Waals surface area contributed by atoms with E-state index in [-0.39, 0.29) is 6.04 Å². The van der Waals surface area contributed by atoms with Gasteiger partial charge < -0.3 is 5.32 Å². The lowest BCUT2D eigenvalue weighted by Crippen LogP contribution is -2.24. The van der Waals surface area contributed by atoms with Crippen molar-refractivity contribution in [3.05, 3.63) is 57.8 Å². The minimum absolute atomic E-state index is 0.0918. The molecule has 1 aromatic heterocycles. The van der Waals surface area contributed by atoms with Gasteiger partial charge in [0.05, 0.1) is 5.56 Å². The van der Waals surface area contributed by atoms with Crippen molar-refractivity contribution in [2.24, 2.45) is 0 Å². The molecule has 1 unspecified atom stereocenters. The quantitative estimate of drug-likeness (QED) is 0.787. The fraction of sp³-hybridized carbons (Fsp3) is 0.375. The minimum Gasteiger partial charge on any atom is -0.310 e. The highest BCUT2D eigenvalue weighted by atomic mass is 32.1. The third kappa shape index (κ3) is 4.58. The van der Waals surface area contributed by atoms with E-state index in [1.54, 1.807) is 17.4 Å². The van der Waals surface area contributed by atoms with Crippen molar-refractivity contribution in [3.8, 4) is 0 Å². The highest BCUT2D eigenvalue weighted by molar-refractivity contribution is 7.09. The Morgan fingerprint density at radius 2 is 2.00 bits per heavy atom. The average Bonchev–Trinajstić information content (AvgIpc) is 2.95. The van der Waals surface area contributed by atoms with Gasteiger partial charge in [-0.15, -0.1) is 11.3 Å². The first-order valence-electron chi connectivity index (χ1n) is 6.93. The van der Waals surface area contributed by atoms with E-state index in [4.69, 9.17) is 0 Å². The molecular formula is C16H18F3NS. The van der Waals surface area contributed by atoms with Gasteiger partial charge in [0.2, 0.25) is 0 Å². The second-order valence-electron chi connectivity index (χ2n) is 4.91. The molecule has 0 saturated carbocycles. The number of rotatable bonds is 6. The van der Waals surface area contributed by atoms with Crippen LogP contribution < -0.4 is 5.32 Å². The van der Waals surface area contributed by atoms with E-state index in [1.165, 1.54) is 17.0 Å². The van der Waals surface area contributed by atoms with Gasteiger partial charge in [-0.05, 0) is 42.1 Å². The van der Waals surface area contributed by atoms with Gasteiger partial charge >= 0.3 is 6.18 Å². The Bertz CT molecular complexity index is 549. The molecule has 0 radical (unpaired) electrons.